The number of aliphatic hydroxyl groups is 1. The molecular formula is C20H38N2O7. The van der Waals surface area contributed by atoms with Crippen molar-refractivity contribution in [2.45, 2.75) is 97.6 Å². The van der Waals surface area contributed by atoms with Crippen molar-refractivity contribution in [3.05, 3.63) is 0 Å². The van der Waals surface area contributed by atoms with Gasteiger partial charge in [0, 0.05) is 6.42 Å². The largest absolute Gasteiger partial charge is 0.460 e. The second-order valence-electron chi connectivity index (χ2n) is 10.0. The van der Waals surface area contributed by atoms with Crippen LogP contribution in [-0.4, -0.2) is 58.8 Å². The molecule has 0 atom stereocenters. The molecule has 9 heteroatoms. The highest BCUT2D eigenvalue weighted by Gasteiger charge is 2.32. The average Bonchev–Trinajstić information content (AvgIpc) is 2.44. The Morgan fingerprint density at radius 1 is 0.690 bits per heavy atom. The standard InChI is InChI=1S/C20H38N2O7/c1-17(2,3)27-14(23)10-11-20(26,12-21-15(24)28-18(4,5)6)13-22-16(25)29-19(7,8)9/h26H,10-13H2,1-9H3,(H,21,24)(H,22,25). The van der Waals surface area contributed by atoms with Crippen molar-refractivity contribution in [2.24, 2.45) is 0 Å². The number of hydrogen-bond acceptors (Lipinski definition) is 7. The zero-order chi connectivity index (χ0) is 23.1. The summed E-state index contributed by atoms with van der Waals surface area (Å²) < 4.78 is 15.5. The summed E-state index contributed by atoms with van der Waals surface area (Å²) in [6.45, 7) is 15.0. The van der Waals surface area contributed by atoms with Crippen molar-refractivity contribution in [1.82, 2.24) is 10.6 Å². The minimum absolute atomic E-state index is 0.0481. The summed E-state index contributed by atoms with van der Waals surface area (Å²) >= 11 is 0. The third-order valence-electron chi connectivity index (χ3n) is 3.14. The molecule has 0 aliphatic carbocycles. The number of carbonyl (C=O) groups excluding carboxylic acids is 3. The van der Waals surface area contributed by atoms with Crippen LogP contribution in [0.2, 0.25) is 0 Å². The third-order valence-corrected chi connectivity index (χ3v) is 3.14. The molecule has 0 aliphatic rings. The van der Waals surface area contributed by atoms with Crippen molar-refractivity contribution in [3.63, 3.8) is 0 Å². The molecule has 0 bridgehead atoms. The molecule has 0 fully saturated rings. The summed E-state index contributed by atoms with van der Waals surface area (Å²) in [6, 6.07) is 0. The van der Waals surface area contributed by atoms with Crippen molar-refractivity contribution in [3.8, 4) is 0 Å². The zero-order valence-corrected chi connectivity index (χ0v) is 19.2. The second-order valence-corrected chi connectivity index (χ2v) is 10.0. The molecule has 0 aromatic heterocycles. The zero-order valence-electron chi connectivity index (χ0n) is 19.2. The maximum atomic E-state index is 12.0. The summed E-state index contributed by atoms with van der Waals surface area (Å²) in [5, 5.41) is 15.8. The van der Waals surface area contributed by atoms with E-state index in [-0.39, 0.29) is 25.9 Å². The van der Waals surface area contributed by atoms with E-state index in [1.807, 2.05) is 0 Å². The van der Waals surface area contributed by atoms with Crippen LogP contribution in [0, 0.1) is 0 Å². The van der Waals surface area contributed by atoms with Gasteiger partial charge in [-0.15, -0.1) is 0 Å². The lowest BCUT2D eigenvalue weighted by atomic mass is 9.97. The predicted octanol–water partition coefficient (Wildman–Crippen LogP) is 2.89. The fourth-order valence-electron chi connectivity index (χ4n) is 2.07. The molecule has 0 unspecified atom stereocenters. The number of esters is 1. The van der Waals surface area contributed by atoms with Crippen LogP contribution in [0.5, 0.6) is 0 Å². The lowest BCUT2D eigenvalue weighted by Crippen LogP contribution is -2.52. The van der Waals surface area contributed by atoms with Gasteiger partial charge in [0.1, 0.15) is 22.4 Å². The molecule has 0 heterocycles. The normalized spacial score (nSPS) is 12.8. The Morgan fingerprint density at radius 2 is 1.03 bits per heavy atom. The highest BCUT2D eigenvalue weighted by molar-refractivity contribution is 5.70. The molecule has 2 amide bonds. The maximum Gasteiger partial charge on any atom is 0.407 e. The fraction of sp³-hybridized carbons (Fsp3) is 0.850. The smallest absolute Gasteiger partial charge is 0.407 e. The van der Waals surface area contributed by atoms with Crippen LogP contribution in [0.4, 0.5) is 9.59 Å². The van der Waals surface area contributed by atoms with Gasteiger partial charge >= 0.3 is 18.2 Å². The first-order valence-electron chi connectivity index (χ1n) is 9.68. The van der Waals surface area contributed by atoms with E-state index in [4.69, 9.17) is 14.2 Å². The van der Waals surface area contributed by atoms with Crippen LogP contribution in [0.25, 0.3) is 0 Å². The van der Waals surface area contributed by atoms with Crippen LogP contribution in [0.3, 0.4) is 0 Å². The highest BCUT2D eigenvalue weighted by atomic mass is 16.6. The molecular weight excluding hydrogens is 380 g/mol. The maximum absolute atomic E-state index is 12.0. The van der Waals surface area contributed by atoms with Gasteiger partial charge in [-0.25, -0.2) is 9.59 Å². The number of carbonyl (C=O) groups is 3. The molecule has 29 heavy (non-hydrogen) atoms. The molecule has 0 spiro atoms. The summed E-state index contributed by atoms with van der Waals surface area (Å²) in [5.41, 5.74) is -3.66. The van der Waals surface area contributed by atoms with E-state index in [2.05, 4.69) is 10.6 Å². The van der Waals surface area contributed by atoms with Gasteiger partial charge in [0.15, 0.2) is 0 Å². The van der Waals surface area contributed by atoms with Crippen LogP contribution in [0.15, 0.2) is 0 Å². The van der Waals surface area contributed by atoms with E-state index < -0.39 is 40.6 Å². The van der Waals surface area contributed by atoms with Gasteiger partial charge in [-0.2, -0.15) is 0 Å². The van der Waals surface area contributed by atoms with Crippen LogP contribution < -0.4 is 10.6 Å². The molecule has 0 aliphatic heterocycles. The monoisotopic (exact) mass is 418 g/mol. The highest BCUT2D eigenvalue weighted by Crippen LogP contribution is 2.16. The number of rotatable bonds is 7. The lowest BCUT2D eigenvalue weighted by molar-refractivity contribution is -0.156. The van der Waals surface area contributed by atoms with E-state index in [0.29, 0.717) is 0 Å². The minimum atomic E-state index is -1.61. The first-order valence-corrected chi connectivity index (χ1v) is 9.68. The molecule has 3 N–H and O–H groups in total. The second kappa shape index (κ2) is 10.1. The number of hydrogen-bond donors (Lipinski definition) is 3. The number of alkyl carbamates (subject to hydrolysis) is 2. The van der Waals surface area contributed by atoms with E-state index >= 15 is 0 Å². The van der Waals surface area contributed by atoms with E-state index in [1.54, 1.807) is 62.3 Å². The first kappa shape index (κ1) is 27.0. The van der Waals surface area contributed by atoms with Gasteiger partial charge in [0.25, 0.3) is 0 Å². The lowest BCUT2D eigenvalue weighted by Gasteiger charge is -2.30. The molecule has 9 nitrogen and oxygen atoms in total. The Hall–Kier alpha value is -2.03. The van der Waals surface area contributed by atoms with E-state index in [0.717, 1.165) is 0 Å². The van der Waals surface area contributed by atoms with Gasteiger partial charge < -0.3 is 30.0 Å². The van der Waals surface area contributed by atoms with Gasteiger partial charge in [0.2, 0.25) is 0 Å². The van der Waals surface area contributed by atoms with Crippen LogP contribution in [0.1, 0.15) is 75.2 Å². The van der Waals surface area contributed by atoms with Gasteiger partial charge in [-0.3, -0.25) is 4.79 Å². The van der Waals surface area contributed by atoms with Crippen molar-refractivity contribution >= 4 is 18.2 Å². The molecule has 170 valence electrons. The number of amides is 2. The topological polar surface area (TPSA) is 123 Å². The molecule has 0 aromatic carbocycles. The number of ether oxygens (including phenoxy) is 3. The molecule has 0 saturated heterocycles. The Labute approximate surface area is 173 Å². The van der Waals surface area contributed by atoms with Gasteiger partial charge in [0.05, 0.1) is 13.1 Å². The Bertz CT molecular complexity index is 490. The van der Waals surface area contributed by atoms with Crippen molar-refractivity contribution < 1.29 is 33.7 Å². The molecule has 0 rings (SSSR count). The Kier molecular flexibility index (Phi) is 9.43. The van der Waals surface area contributed by atoms with Gasteiger partial charge in [-0.05, 0) is 68.7 Å². The summed E-state index contributed by atoms with van der Waals surface area (Å²) in [4.78, 5) is 35.8. The van der Waals surface area contributed by atoms with E-state index in [1.165, 1.54) is 0 Å². The average molecular weight is 419 g/mol. The number of nitrogens with one attached hydrogen (secondary N) is 2. The predicted molar refractivity (Wildman–Crippen MR) is 109 cm³/mol. The third kappa shape index (κ3) is 15.6. The summed E-state index contributed by atoms with van der Waals surface area (Å²) in [7, 11) is 0. The van der Waals surface area contributed by atoms with Crippen molar-refractivity contribution in [1.29, 1.82) is 0 Å². The van der Waals surface area contributed by atoms with Crippen LogP contribution >= 0.6 is 0 Å². The van der Waals surface area contributed by atoms with Crippen molar-refractivity contribution in [2.75, 3.05) is 13.1 Å². The Balaban J connectivity index is 4.98. The van der Waals surface area contributed by atoms with E-state index in [9.17, 15) is 19.5 Å². The minimum Gasteiger partial charge on any atom is -0.460 e. The summed E-state index contributed by atoms with van der Waals surface area (Å²) in [6.07, 6.45) is -1.58. The molecule has 0 aromatic rings. The quantitative estimate of drug-likeness (QED) is 0.429. The molecule has 0 radical (unpaired) electrons. The van der Waals surface area contributed by atoms with Gasteiger partial charge in [-0.1, -0.05) is 0 Å². The Morgan fingerprint density at radius 3 is 1.34 bits per heavy atom. The summed E-state index contributed by atoms with van der Waals surface area (Å²) in [5.74, 6) is -0.495. The van der Waals surface area contributed by atoms with Crippen LogP contribution in [-0.2, 0) is 19.0 Å². The SMILES string of the molecule is CC(C)(C)OC(=O)CCC(O)(CNC(=O)OC(C)(C)C)CNC(=O)OC(C)(C)C. The first-order chi connectivity index (χ1) is 12.8. The molecule has 0 saturated carbocycles. The fourth-order valence-corrected chi connectivity index (χ4v) is 2.07.